The molecular formula is C30H34N6O8. The average molecular weight is 607 g/mol. The Morgan fingerprint density at radius 1 is 1.05 bits per heavy atom. The van der Waals surface area contributed by atoms with Gasteiger partial charge in [-0.2, -0.15) is 0 Å². The van der Waals surface area contributed by atoms with Gasteiger partial charge in [-0.15, -0.1) is 0 Å². The standard InChI is InChI=1S/C30H34N6O8/c1-18(31)26(39)32-19(2)27(40)34-16-6-9-23(34)28(41)35-25(38)15-14-24(37)30(35,17-20-7-4-3-5-8-20)29(42)33-21-10-12-22(13-11-21)36(43)44/h3-5,7-8,10-13,18-19,23H,6,9,14-17,31H2,1-2H3,(H,32,39)(H,33,42)/t18-,19-,23-,30+/m0/s1. The minimum Gasteiger partial charge on any atom is -0.343 e. The lowest BCUT2D eigenvalue weighted by Crippen LogP contribution is -2.71. The number of nitrogens with two attached hydrogens (primary N) is 1. The maximum absolute atomic E-state index is 14.3. The predicted octanol–water partition coefficient (Wildman–Crippen LogP) is 1.08. The van der Waals surface area contributed by atoms with E-state index >= 15 is 0 Å². The van der Waals surface area contributed by atoms with Crippen molar-refractivity contribution in [2.45, 2.75) is 69.6 Å². The van der Waals surface area contributed by atoms with Crippen LogP contribution < -0.4 is 16.4 Å². The Kier molecular flexibility index (Phi) is 9.53. The minimum atomic E-state index is -2.30. The number of anilines is 1. The number of nitrogens with one attached hydrogen (secondary N) is 2. The normalized spacial score (nSPS) is 21.4. The fourth-order valence-electron chi connectivity index (χ4n) is 5.56. The van der Waals surface area contributed by atoms with E-state index in [-0.39, 0.29) is 43.6 Å². The molecule has 2 aromatic carbocycles. The first-order chi connectivity index (χ1) is 20.9. The molecule has 2 fully saturated rings. The summed E-state index contributed by atoms with van der Waals surface area (Å²) >= 11 is 0. The minimum absolute atomic E-state index is 0.114. The predicted molar refractivity (Wildman–Crippen MR) is 157 cm³/mol. The number of imide groups is 1. The second kappa shape index (κ2) is 13.1. The Labute approximate surface area is 253 Å². The van der Waals surface area contributed by atoms with Crippen molar-refractivity contribution in [2.24, 2.45) is 5.73 Å². The number of hydrogen-bond acceptors (Lipinski definition) is 9. The lowest BCUT2D eigenvalue weighted by molar-refractivity contribution is -0.384. The zero-order chi connectivity index (χ0) is 32.2. The van der Waals surface area contributed by atoms with Crippen molar-refractivity contribution in [1.29, 1.82) is 0 Å². The van der Waals surface area contributed by atoms with Gasteiger partial charge in [0.2, 0.25) is 17.7 Å². The smallest absolute Gasteiger partial charge is 0.269 e. The number of nitro groups is 1. The Morgan fingerprint density at radius 2 is 1.70 bits per heavy atom. The number of ketones is 1. The third-order valence-electron chi connectivity index (χ3n) is 7.86. The number of likely N-dealkylation sites (tertiary alicyclic amines) is 2. The van der Waals surface area contributed by atoms with E-state index in [0.717, 1.165) is 0 Å². The molecule has 2 aliphatic rings. The van der Waals surface area contributed by atoms with Gasteiger partial charge in [-0.1, -0.05) is 30.3 Å². The van der Waals surface area contributed by atoms with Gasteiger partial charge in [-0.3, -0.25) is 43.8 Å². The number of Topliss-reactive ketones (excluding diaryl/α,β-unsaturated/α-hetero) is 1. The molecule has 2 heterocycles. The molecule has 0 bridgehead atoms. The highest BCUT2D eigenvalue weighted by Gasteiger charge is 2.59. The van der Waals surface area contributed by atoms with E-state index in [1.165, 1.54) is 43.0 Å². The molecule has 4 rings (SSSR count). The number of carbonyl (C=O) groups excluding carboxylic acids is 6. The Balaban J connectivity index is 1.73. The Hall–Kier alpha value is -4.98. The van der Waals surface area contributed by atoms with Crippen LogP contribution in [0.25, 0.3) is 0 Å². The summed E-state index contributed by atoms with van der Waals surface area (Å²) in [5, 5.41) is 16.2. The number of nitro benzene ring substituents is 1. The summed E-state index contributed by atoms with van der Waals surface area (Å²) in [6, 6.07) is 10.3. The van der Waals surface area contributed by atoms with Crippen molar-refractivity contribution in [3.63, 3.8) is 0 Å². The van der Waals surface area contributed by atoms with Gasteiger partial charge in [0.15, 0.2) is 11.3 Å². The molecule has 4 N–H and O–H groups in total. The van der Waals surface area contributed by atoms with Gasteiger partial charge < -0.3 is 21.3 Å². The monoisotopic (exact) mass is 606 g/mol. The van der Waals surface area contributed by atoms with E-state index in [1.54, 1.807) is 30.3 Å². The molecule has 14 nitrogen and oxygen atoms in total. The quantitative estimate of drug-likeness (QED) is 0.162. The fourth-order valence-corrected chi connectivity index (χ4v) is 5.56. The molecule has 0 unspecified atom stereocenters. The molecular weight excluding hydrogens is 572 g/mol. The number of carbonyl (C=O) groups is 6. The summed E-state index contributed by atoms with van der Waals surface area (Å²) in [6.07, 6.45) is -0.358. The van der Waals surface area contributed by atoms with Crippen LogP contribution in [0.1, 0.15) is 45.1 Å². The van der Waals surface area contributed by atoms with Gasteiger partial charge in [-0.05, 0) is 44.4 Å². The molecule has 0 radical (unpaired) electrons. The first-order valence-electron chi connectivity index (χ1n) is 14.2. The van der Waals surface area contributed by atoms with E-state index < -0.39 is 63.9 Å². The Bertz CT molecular complexity index is 1480. The van der Waals surface area contributed by atoms with Gasteiger partial charge >= 0.3 is 0 Å². The molecule has 0 aliphatic carbocycles. The van der Waals surface area contributed by atoms with E-state index in [1.807, 2.05) is 0 Å². The first-order valence-corrected chi connectivity index (χ1v) is 14.2. The van der Waals surface area contributed by atoms with Crippen LogP contribution in [0.3, 0.4) is 0 Å². The third kappa shape index (κ3) is 6.34. The average Bonchev–Trinajstić information content (AvgIpc) is 3.49. The number of benzene rings is 2. The van der Waals surface area contributed by atoms with E-state index in [2.05, 4.69) is 10.6 Å². The lowest BCUT2D eigenvalue weighted by atomic mass is 9.78. The molecule has 14 heteroatoms. The van der Waals surface area contributed by atoms with Gasteiger partial charge in [-0.25, -0.2) is 0 Å². The van der Waals surface area contributed by atoms with Crippen LogP contribution in [-0.2, 0) is 35.2 Å². The van der Waals surface area contributed by atoms with Crippen LogP contribution in [0, 0.1) is 10.1 Å². The first kappa shape index (κ1) is 31.9. The topological polar surface area (TPSA) is 202 Å². The molecule has 2 aromatic rings. The van der Waals surface area contributed by atoms with Crippen molar-refractivity contribution in [3.05, 3.63) is 70.3 Å². The van der Waals surface area contributed by atoms with Crippen molar-refractivity contribution in [2.75, 3.05) is 11.9 Å². The molecule has 232 valence electrons. The van der Waals surface area contributed by atoms with Crippen LogP contribution in [0.5, 0.6) is 0 Å². The summed E-state index contributed by atoms with van der Waals surface area (Å²) in [4.78, 5) is 93.8. The molecule has 0 saturated carbocycles. The van der Waals surface area contributed by atoms with Gasteiger partial charge in [0.05, 0.1) is 11.0 Å². The van der Waals surface area contributed by atoms with Gasteiger partial charge in [0.25, 0.3) is 17.5 Å². The highest BCUT2D eigenvalue weighted by molar-refractivity contribution is 6.23. The van der Waals surface area contributed by atoms with Crippen molar-refractivity contribution in [1.82, 2.24) is 15.1 Å². The molecule has 0 spiro atoms. The summed E-state index contributed by atoms with van der Waals surface area (Å²) in [5.41, 5.74) is 3.69. The largest absolute Gasteiger partial charge is 0.343 e. The molecule has 2 aliphatic heterocycles. The second-order valence-electron chi connectivity index (χ2n) is 11.0. The Morgan fingerprint density at radius 3 is 2.32 bits per heavy atom. The fraction of sp³-hybridized carbons (Fsp3) is 0.400. The number of nitrogens with zero attached hydrogens (tertiary/aromatic N) is 3. The van der Waals surface area contributed by atoms with Crippen molar-refractivity contribution < 1.29 is 33.7 Å². The summed E-state index contributed by atoms with van der Waals surface area (Å²) < 4.78 is 0. The number of non-ortho nitro benzene ring substituents is 1. The summed E-state index contributed by atoms with van der Waals surface area (Å²) in [6.45, 7) is 3.07. The number of piperidine rings is 1. The maximum atomic E-state index is 14.3. The van der Waals surface area contributed by atoms with Gasteiger partial charge in [0, 0.05) is 43.6 Å². The van der Waals surface area contributed by atoms with Crippen LogP contribution in [-0.4, -0.2) is 80.3 Å². The lowest BCUT2D eigenvalue weighted by Gasteiger charge is -2.44. The van der Waals surface area contributed by atoms with Crippen molar-refractivity contribution >= 4 is 46.7 Å². The second-order valence-corrected chi connectivity index (χ2v) is 11.0. The molecule has 2 saturated heterocycles. The van der Waals surface area contributed by atoms with E-state index in [4.69, 9.17) is 5.73 Å². The summed E-state index contributed by atoms with van der Waals surface area (Å²) in [5.74, 6) is -4.39. The molecule has 0 aromatic heterocycles. The highest BCUT2D eigenvalue weighted by atomic mass is 16.6. The number of hydrogen-bond donors (Lipinski definition) is 3. The van der Waals surface area contributed by atoms with Crippen LogP contribution >= 0.6 is 0 Å². The van der Waals surface area contributed by atoms with Crippen LogP contribution in [0.2, 0.25) is 0 Å². The molecule has 44 heavy (non-hydrogen) atoms. The molecule has 4 atom stereocenters. The maximum Gasteiger partial charge on any atom is 0.269 e. The van der Waals surface area contributed by atoms with Crippen LogP contribution in [0.15, 0.2) is 54.6 Å². The number of rotatable bonds is 9. The zero-order valence-corrected chi connectivity index (χ0v) is 24.4. The molecule has 5 amide bonds. The SMILES string of the molecule is C[C@H](N)C(=O)N[C@@H](C)C(=O)N1CCC[C@H]1C(=O)N1C(=O)CCC(=O)[C@]1(Cc1ccccc1)C(=O)Nc1ccc([N+](=O)[O-])cc1. The summed E-state index contributed by atoms with van der Waals surface area (Å²) in [7, 11) is 0. The van der Waals surface area contributed by atoms with E-state index in [0.29, 0.717) is 16.9 Å². The van der Waals surface area contributed by atoms with E-state index in [9.17, 15) is 38.9 Å². The van der Waals surface area contributed by atoms with Gasteiger partial charge in [0.1, 0.15) is 12.1 Å². The third-order valence-corrected chi connectivity index (χ3v) is 7.86. The van der Waals surface area contributed by atoms with Crippen LogP contribution in [0.4, 0.5) is 11.4 Å². The number of amides is 5. The van der Waals surface area contributed by atoms with Crippen molar-refractivity contribution in [3.8, 4) is 0 Å². The zero-order valence-electron chi connectivity index (χ0n) is 24.4. The highest BCUT2D eigenvalue weighted by Crippen LogP contribution is 2.34.